The second-order valence-corrected chi connectivity index (χ2v) is 17.6. The van der Waals surface area contributed by atoms with Gasteiger partial charge in [0.05, 0.1) is 28.5 Å². The van der Waals surface area contributed by atoms with Crippen LogP contribution in [-0.4, -0.2) is 9.55 Å². The molecule has 1 N–H and O–H groups in total. The number of rotatable bonds is 5. The van der Waals surface area contributed by atoms with Crippen LogP contribution in [0.2, 0.25) is 0 Å². The molecule has 53 heavy (non-hydrogen) atoms. The summed E-state index contributed by atoms with van der Waals surface area (Å²) in [4.78, 5) is 4.85. The highest BCUT2D eigenvalue weighted by Gasteiger charge is 2.32. The second kappa shape index (κ2) is 12.6. The summed E-state index contributed by atoms with van der Waals surface area (Å²) >= 11 is 0. The molecule has 5 heteroatoms. The van der Waals surface area contributed by atoms with Crippen molar-refractivity contribution in [1.29, 1.82) is 0 Å². The molecule has 2 aromatic heterocycles. The lowest BCUT2D eigenvalue weighted by molar-refractivity contribution is 0.483. The van der Waals surface area contributed by atoms with Crippen LogP contribution in [0.3, 0.4) is 0 Å². The maximum atomic E-state index is 6.67. The van der Waals surface area contributed by atoms with Crippen molar-refractivity contribution < 1.29 is 4.74 Å². The van der Waals surface area contributed by atoms with Gasteiger partial charge in [-0.15, -0.1) is 0 Å². The Labute approximate surface area is 314 Å². The number of hydrogen-bond donors (Lipinski definition) is 1. The van der Waals surface area contributed by atoms with E-state index < -0.39 is 0 Å². The molecule has 0 bridgehead atoms. The number of ether oxygens (including phenoxy) is 1. The first-order chi connectivity index (χ1) is 25.1. The van der Waals surface area contributed by atoms with E-state index in [-0.39, 0.29) is 22.3 Å². The van der Waals surface area contributed by atoms with Gasteiger partial charge in [-0.2, -0.15) is 0 Å². The number of aromatic nitrogens is 2. The smallest absolute Gasteiger partial charge is 0.137 e. The number of hydrazine groups is 1. The standard InChI is InChI=1S/C48H50N4O/c1-46(2,3)32-23-24-49-44(28-32)51-41-19-12-10-17-38(41)39-22-21-37(30-43(39)51)53-36-16-14-15-35(29-36)52-42-20-13-11-18-40(42)45(50-52)31-25-33(47(4,5)6)27-34(26-31)48(7,8)9/h10-30,45,50H,1-9H3. The van der Waals surface area contributed by atoms with Gasteiger partial charge in [0.15, 0.2) is 0 Å². The maximum Gasteiger partial charge on any atom is 0.137 e. The molecule has 1 aliphatic heterocycles. The van der Waals surface area contributed by atoms with Gasteiger partial charge in [0.1, 0.15) is 17.3 Å². The average molecular weight is 699 g/mol. The molecule has 1 aliphatic rings. The van der Waals surface area contributed by atoms with Crippen LogP contribution in [0.25, 0.3) is 27.6 Å². The Bertz CT molecular complexity index is 2460. The number of fused-ring (bicyclic) bond motifs is 4. The Morgan fingerprint density at radius 2 is 1.23 bits per heavy atom. The molecule has 0 fully saturated rings. The van der Waals surface area contributed by atoms with Crippen LogP contribution in [0.1, 0.15) is 96.2 Å². The number of para-hydroxylation sites is 2. The van der Waals surface area contributed by atoms with E-state index >= 15 is 0 Å². The summed E-state index contributed by atoms with van der Waals surface area (Å²) in [5.74, 6) is 2.44. The van der Waals surface area contributed by atoms with E-state index in [0.29, 0.717) is 0 Å². The zero-order chi connectivity index (χ0) is 37.3. The highest BCUT2D eigenvalue weighted by Crippen LogP contribution is 2.44. The van der Waals surface area contributed by atoms with Gasteiger partial charge < -0.3 is 4.74 Å². The molecule has 0 saturated heterocycles. The number of anilines is 2. The van der Waals surface area contributed by atoms with Crippen LogP contribution >= 0.6 is 0 Å². The fourth-order valence-corrected chi connectivity index (χ4v) is 7.45. The van der Waals surface area contributed by atoms with E-state index in [4.69, 9.17) is 9.72 Å². The quantitative estimate of drug-likeness (QED) is 0.194. The maximum absolute atomic E-state index is 6.67. The first-order valence-electron chi connectivity index (χ1n) is 18.7. The molecule has 0 amide bonds. The molecule has 7 aromatic rings. The third-order valence-electron chi connectivity index (χ3n) is 10.6. The number of nitrogens with zero attached hydrogens (tertiary/aromatic N) is 3. The molecular weight excluding hydrogens is 649 g/mol. The summed E-state index contributed by atoms with van der Waals surface area (Å²) in [5.41, 5.74) is 14.8. The molecule has 0 aliphatic carbocycles. The fraction of sp³-hybridized carbons (Fsp3) is 0.271. The minimum Gasteiger partial charge on any atom is -0.457 e. The van der Waals surface area contributed by atoms with Crippen LogP contribution in [0.15, 0.2) is 128 Å². The van der Waals surface area contributed by atoms with Crippen molar-refractivity contribution in [3.05, 3.63) is 155 Å². The zero-order valence-corrected chi connectivity index (χ0v) is 32.5. The molecule has 0 radical (unpaired) electrons. The van der Waals surface area contributed by atoms with Gasteiger partial charge in [-0.1, -0.05) is 123 Å². The van der Waals surface area contributed by atoms with E-state index in [9.17, 15) is 0 Å². The van der Waals surface area contributed by atoms with Gasteiger partial charge in [-0.3, -0.25) is 9.58 Å². The van der Waals surface area contributed by atoms with Gasteiger partial charge in [0.25, 0.3) is 0 Å². The van der Waals surface area contributed by atoms with Crippen molar-refractivity contribution in [2.45, 2.75) is 84.6 Å². The molecule has 8 rings (SSSR count). The van der Waals surface area contributed by atoms with Crippen molar-refractivity contribution in [3.63, 3.8) is 0 Å². The largest absolute Gasteiger partial charge is 0.457 e. The first-order valence-corrected chi connectivity index (χ1v) is 18.7. The fourth-order valence-electron chi connectivity index (χ4n) is 7.45. The highest BCUT2D eigenvalue weighted by atomic mass is 16.5. The van der Waals surface area contributed by atoms with Crippen molar-refractivity contribution in [2.24, 2.45) is 0 Å². The van der Waals surface area contributed by atoms with Crippen LogP contribution in [0.4, 0.5) is 11.4 Å². The summed E-state index contributed by atoms with van der Waals surface area (Å²) in [6.45, 7) is 20.5. The molecule has 5 nitrogen and oxygen atoms in total. The molecule has 5 aromatic carbocycles. The lowest BCUT2D eigenvalue weighted by Crippen LogP contribution is -2.31. The Kier molecular flexibility index (Phi) is 8.27. The van der Waals surface area contributed by atoms with Crippen molar-refractivity contribution >= 4 is 33.2 Å². The van der Waals surface area contributed by atoms with Crippen molar-refractivity contribution in [1.82, 2.24) is 15.0 Å². The topological polar surface area (TPSA) is 42.3 Å². The van der Waals surface area contributed by atoms with Crippen LogP contribution in [0.5, 0.6) is 11.5 Å². The van der Waals surface area contributed by atoms with Crippen molar-refractivity contribution in [3.8, 4) is 17.3 Å². The third kappa shape index (κ3) is 6.48. The van der Waals surface area contributed by atoms with Crippen LogP contribution in [-0.2, 0) is 16.2 Å². The number of pyridine rings is 1. The first kappa shape index (κ1) is 34.7. The van der Waals surface area contributed by atoms with E-state index in [1.54, 1.807) is 0 Å². The summed E-state index contributed by atoms with van der Waals surface area (Å²) in [5, 5.41) is 4.57. The molecule has 268 valence electrons. The Hall–Kier alpha value is -5.39. The van der Waals surface area contributed by atoms with Crippen molar-refractivity contribution in [2.75, 3.05) is 5.01 Å². The van der Waals surface area contributed by atoms with E-state index in [1.165, 1.54) is 38.6 Å². The number of hydrogen-bond acceptors (Lipinski definition) is 4. The zero-order valence-electron chi connectivity index (χ0n) is 32.5. The van der Waals surface area contributed by atoms with Gasteiger partial charge in [0, 0.05) is 34.7 Å². The Morgan fingerprint density at radius 1 is 0.566 bits per heavy atom. The van der Waals surface area contributed by atoms with Gasteiger partial charge in [0.2, 0.25) is 0 Å². The summed E-state index contributed by atoms with van der Waals surface area (Å²) in [7, 11) is 0. The Morgan fingerprint density at radius 3 is 1.96 bits per heavy atom. The van der Waals surface area contributed by atoms with E-state index in [0.717, 1.165) is 39.7 Å². The predicted octanol–water partition coefficient (Wildman–Crippen LogP) is 12.6. The van der Waals surface area contributed by atoms with Gasteiger partial charge in [-0.25, -0.2) is 10.4 Å². The highest BCUT2D eigenvalue weighted by molar-refractivity contribution is 6.09. The number of nitrogens with one attached hydrogen (secondary N) is 1. The predicted molar refractivity (Wildman–Crippen MR) is 221 cm³/mol. The molecular formula is C48H50N4O. The summed E-state index contributed by atoms with van der Waals surface area (Å²) in [6, 6.07) is 43.5. The SMILES string of the molecule is CC(C)(C)c1cc(C2NN(c3cccc(Oc4ccc5c6ccccc6n(-c6cc(C(C)(C)C)ccn6)c5c4)c3)c3ccccc32)cc(C(C)(C)C)c1. The van der Waals surface area contributed by atoms with Gasteiger partial charge >= 0.3 is 0 Å². The summed E-state index contributed by atoms with van der Waals surface area (Å²) < 4.78 is 8.93. The van der Waals surface area contributed by atoms with Crippen LogP contribution < -0.4 is 15.2 Å². The van der Waals surface area contributed by atoms with E-state index in [1.807, 2.05) is 12.3 Å². The Balaban J connectivity index is 1.15. The van der Waals surface area contributed by atoms with E-state index in [2.05, 4.69) is 193 Å². The molecule has 1 unspecified atom stereocenters. The lowest BCUT2D eigenvalue weighted by atomic mass is 9.78. The number of benzene rings is 5. The summed E-state index contributed by atoms with van der Waals surface area (Å²) in [6.07, 6.45) is 1.92. The minimum absolute atomic E-state index is 0.00625. The molecule has 1 atom stereocenters. The normalized spacial score (nSPS) is 15.0. The molecule has 3 heterocycles. The van der Waals surface area contributed by atoms with Gasteiger partial charge in [-0.05, 0) is 87.0 Å². The average Bonchev–Trinajstić information content (AvgIpc) is 3.67. The monoisotopic (exact) mass is 698 g/mol. The molecule has 0 saturated carbocycles. The second-order valence-electron chi connectivity index (χ2n) is 17.6. The van der Waals surface area contributed by atoms with Crippen LogP contribution in [0, 0.1) is 0 Å². The third-order valence-corrected chi connectivity index (χ3v) is 10.6. The molecule has 0 spiro atoms. The minimum atomic E-state index is 0.00625. The lowest BCUT2D eigenvalue weighted by Gasteiger charge is -2.28.